The van der Waals surface area contributed by atoms with Crippen LogP contribution in [0.15, 0.2) is 21.8 Å². The Balaban J connectivity index is 1.42. The highest BCUT2D eigenvalue weighted by Crippen LogP contribution is 2.40. The molecule has 0 spiro atoms. The summed E-state index contributed by atoms with van der Waals surface area (Å²) in [6.07, 6.45) is 6.14. The third-order valence-corrected chi connectivity index (χ3v) is 5.57. The number of thioether (sulfide) groups is 1. The second-order valence-electron chi connectivity index (χ2n) is 6.13. The van der Waals surface area contributed by atoms with E-state index in [0.717, 1.165) is 24.3 Å². The summed E-state index contributed by atoms with van der Waals surface area (Å²) >= 11 is 7.79. The van der Waals surface area contributed by atoms with Crippen LogP contribution in [0.5, 0.6) is 11.5 Å². The molecule has 2 aliphatic rings. The molecule has 1 aliphatic carbocycles. The van der Waals surface area contributed by atoms with Gasteiger partial charge >= 0.3 is 0 Å². The zero-order chi connectivity index (χ0) is 16.4. The van der Waals surface area contributed by atoms with Gasteiger partial charge in [-0.2, -0.15) is 0 Å². The Morgan fingerprint density at radius 1 is 1.08 bits per heavy atom. The maximum Gasteiger partial charge on any atom is 0.276 e. The Bertz CT molecular complexity index is 716. The molecule has 0 saturated heterocycles. The Hall–Kier alpha value is -1.40. The molecular weight excluding hydrogens is 348 g/mol. The monoisotopic (exact) mass is 366 g/mol. The van der Waals surface area contributed by atoms with E-state index < -0.39 is 0 Å². The quantitative estimate of drug-likeness (QED) is 0.722. The van der Waals surface area contributed by atoms with E-state index in [4.69, 9.17) is 25.5 Å². The summed E-state index contributed by atoms with van der Waals surface area (Å²) in [7, 11) is 0. The number of hydrogen-bond acceptors (Lipinski definition) is 6. The Labute approximate surface area is 150 Å². The van der Waals surface area contributed by atoms with E-state index in [-0.39, 0.29) is 0 Å². The largest absolute Gasteiger partial charge is 0.486 e. The summed E-state index contributed by atoms with van der Waals surface area (Å²) in [5, 5.41) is 9.60. The molecule has 0 amide bonds. The molecule has 7 heteroatoms. The molecule has 2 heterocycles. The Morgan fingerprint density at radius 2 is 1.92 bits per heavy atom. The molecule has 4 rings (SSSR count). The van der Waals surface area contributed by atoms with E-state index in [0.29, 0.717) is 46.6 Å². The average Bonchev–Trinajstić information content (AvgIpc) is 3.10. The molecule has 1 aromatic carbocycles. The molecule has 128 valence electrons. The molecule has 5 nitrogen and oxygen atoms in total. The van der Waals surface area contributed by atoms with Gasteiger partial charge in [0.15, 0.2) is 11.5 Å². The molecule has 1 saturated carbocycles. The molecule has 24 heavy (non-hydrogen) atoms. The van der Waals surface area contributed by atoms with Crippen LogP contribution in [0.1, 0.15) is 49.5 Å². The summed E-state index contributed by atoms with van der Waals surface area (Å²) in [5.74, 6) is 3.26. The topological polar surface area (TPSA) is 57.4 Å². The number of benzene rings is 1. The first-order chi connectivity index (χ1) is 11.8. The SMILES string of the molecule is Clc1cc(CSc2nnc(C3CCCCC3)o2)cc2c1OCCO2. The number of aromatic nitrogens is 2. The normalized spacial score (nSPS) is 17.9. The number of fused-ring (bicyclic) bond motifs is 1. The summed E-state index contributed by atoms with van der Waals surface area (Å²) in [6.45, 7) is 1.08. The molecule has 0 unspecified atom stereocenters. The van der Waals surface area contributed by atoms with Crippen molar-refractivity contribution >= 4 is 23.4 Å². The molecule has 1 aromatic heterocycles. The van der Waals surface area contributed by atoms with Gasteiger partial charge in [-0.25, -0.2) is 0 Å². The van der Waals surface area contributed by atoms with Gasteiger partial charge in [0.25, 0.3) is 5.22 Å². The van der Waals surface area contributed by atoms with Gasteiger partial charge in [0.05, 0.1) is 5.02 Å². The van der Waals surface area contributed by atoms with Crippen molar-refractivity contribution in [2.24, 2.45) is 0 Å². The van der Waals surface area contributed by atoms with Crippen molar-refractivity contribution in [3.05, 3.63) is 28.6 Å². The van der Waals surface area contributed by atoms with Crippen molar-refractivity contribution in [2.45, 2.75) is 49.0 Å². The predicted molar refractivity (Wildman–Crippen MR) is 92.1 cm³/mol. The van der Waals surface area contributed by atoms with E-state index >= 15 is 0 Å². The first kappa shape index (κ1) is 16.1. The van der Waals surface area contributed by atoms with Gasteiger partial charge < -0.3 is 13.9 Å². The zero-order valence-electron chi connectivity index (χ0n) is 13.3. The van der Waals surface area contributed by atoms with E-state index in [9.17, 15) is 0 Å². The second kappa shape index (κ2) is 7.23. The maximum absolute atomic E-state index is 6.27. The highest BCUT2D eigenvalue weighted by molar-refractivity contribution is 7.98. The van der Waals surface area contributed by atoms with Crippen LogP contribution in [0.3, 0.4) is 0 Å². The van der Waals surface area contributed by atoms with Gasteiger partial charge in [-0.05, 0) is 30.5 Å². The molecule has 0 atom stereocenters. The van der Waals surface area contributed by atoms with Gasteiger partial charge in [-0.15, -0.1) is 10.2 Å². The summed E-state index contributed by atoms with van der Waals surface area (Å²) in [6, 6.07) is 3.87. The number of nitrogens with zero attached hydrogens (tertiary/aromatic N) is 2. The summed E-state index contributed by atoms with van der Waals surface area (Å²) < 4.78 is 17.0. The Morgan fingerprint density at radius 3 is 2.79 bits per heavy atom. The van der Waals surface area contributed by atoms with Gasteiger partial charge in [0.1, 0.15) is 13.2 Å². The fraction of sp³-hybridized carbons (Fsp3) is 0.529. The minimum atomic E-state index is 0.435. The lowest BCUT2D eigenvalue weighted by Gasteiger charge is -2.20. The second-order valence-corrected chi connectivity index (χ2v) is 7.47. The van der Waals surface area contributed by atoms with Crippen molar-refractivity contribution in [1.29, 1.82) is 0 Å². The van der Waals surface area contributed by atoms with Gasteiger partial charge in [-0.1, -0.05) is 42.6 Å². The van der Waals surface area contributed by atoms with Crippen LogP contribution in [0.4, 0.5) is 0 Å². The minimum absolute atomic E-state index is 0.435. The lowest BCUT2D eigenvalue weighted by Crippen LogP contribution is -2.15. The first-order valence-electron chi connectivity index (χ1n) is 8.34. The number of hydrogen-bond donors (Lipinski definition) is 0. The van der Waals surface area contributed by atoms with Crippen molar-refractivity contribution < 1.29 is 13.9 Å². The molecule has 0 bridgehead atoms. The van der Waals surface area contributed by atoms with Crippen molar-refractivity contribution in [1.82, 2.24) is 10.2 Å². The van der Waals surface area contributed by atoms with E-state index in [1.54, 1.807) is 0 Å². The molecule has 1 aliphatic heterocycles. The smallest absolute Gasteiger partial charge is 0.276 e. The van der Waals surface area contributed by atoms with Crippen LogP contribution in [-0.4, -0.2) is 23.4 Å². The average molecular weight is 367 g/mol. The third-order valence-electron chi connectivity index (χ3n) is 4.40. The molecule has 2 aromatic rings. The fourth-order valence-corrected chi connectivity index (χ4v) is 4.17. The molecule has 0 radical (unpaired) electrons. The van der Waals surface area contributed by atoms with Crippen LogP contribution in [-0.2, 0) is 5.75 Å². The lowest BCUT2D eigenvalue weighted by atomic mass is 9.89. The highest BCUT2D eigenvalue weighted by atomic mass is 35.5. The first-order valence-corrected chi connectivity index (χ1v) is 9.70. The van der Waals surface area contributed by atoms with Crippen molar-refractivity contribution in [2.75, 3.05) is 13.2 Å². The minimum Gasteiger partial charge on any atom is -0.486 e. The summed E-state index contributed by atoms with van der Waals surface area (Å²) in [5.41, 5.74) is 1.05. The number of halogens is 1. The van der Waals surface area contributed by atoms with Crippen LogP contribution in [0, 0.1) is 0 Å². The van der Waals surface area contributed by atoms with Gasteiger partial charge in [-0.3, -0.25) is 0 Å². The standard InChI is InChI=1S/C17H19ClN2O3S/c18-13-8-11(9-14-15(13)22-7-6-21-14)10-24-17-20-19-16(23-17)12-4-2-1-3-5-12/h8-9,12H,1-7,10H2. The van der Waals surface area contributed by atoms with Crippen LogP contribution >= 0.6 is 23.4 Å². The van der Waals surface area contributed by atoms with E-state index in [1.807, 2.05) is 12.1 Å². The Kier molecular flexibility index (Phi) is 4.85. The third kappa shape index (κ3) is 3.49. The molecule has 1 fully saturated rings. The maximum atomic E-state index is 6.27. The lowest BCUT2D eigenvalue weighted by molar-refractivity contribution is 0.171. The zero-order valence-corrected chi connectivity index (χ0v) is 14.9. The van der Waals surface area contributed by atoms with Gasteiger partial charge in [0.2, 0.25) is 5.89 Å². The van der Waals surface area contributed by atoms with Gasteiger partial charge in [0, 0.05) is 11.7 Å². The number of ether oxygens (including phenoxy) is 2. The van der Waals surface area contributed by atoms with E-state index in [2.05, 4.69) is 10.2 Å². The summed E-state index contributed by atoms with van der Waals surface area (Å²) in [4.78, 5) is 0. The molecular formula is C17H19ClN2O3S. The highest BCUT2D eigenvalue weighted by Gasteiger charge is 2.22. The van der Waals surface area contributed by atoms with Crippen LogP contribution in [0.25, 0.3) is 0 Å². The van der Waals surface area contributed by atoms with E-state index in [1.165, 1.54) is 31.0 Å². The predicted octanol–water partition coefficient (Wildman–Crippen LogP) is 4.83. The van der Waals surface area contributed by atoms with Crippen LogP contribution < -0.4 is 9.47 Å². The molecule has 0 N–H and O–H groups in total. The fourth-order valence-electron chi connectivity index (χ4n) is 3.19. The van der Waals surface area contributed by atoms with Crippen molar-refractivity contribution in [3.8, 4) is 11.5 Å². The van der Waals surface area contributed by atoms with Crippen molar-refractivity contribution in [3.63, 3.8) is 0 Å². The van der Waals surface area contributed by atoms with Crippen LogP contribution in [0.2, 0.25) is 5.02 Å². The number of rotatable bonds is 4.